The number of hydrogen-bond donors (Lipinski definition) is 3. The number of amides is 3. The highest BCUT2D eigenvalue weighted by atomic mass is 16.2. The largest absolute Gasteiger partial charge is 0.343 e. The maximum Gasteiger partial charge on any atom is 0.251 e. The van der Waals surface area contributed by atoms with Crippen molar-refractivity contribution >= 4 is 29.2 Å². The molecule has 3 unspecified atom stereocenters. The van der Waals surface area contributed by atoms with Gasteiger partial charge in [0.25, 0.3) is 5.91 Å². The number of fused-ring (bicyclic) bond motifs is 1. The molecule has 0 saturated heterocycles. The summed E-state index contributed by atoms with van der Waals surface area (Å²) in [5.41, 5.74) is 2.45. The van der Waals surface area contributed by atoms with Crippen molar-refractivity contribution in [2.45, 2.75) is 52.2 Å². The van der Waals surface area contributed by atoms with Crippen LogP contribution in [0.5, 0.6) is 0 Å². The van der Waals surface area contributed by atoms with E-state index in [1.807, 2.05) is 51.1 Å². The monoisotopic (exact) mass is 437 g/mol. The molecule has 0 bridgehead atoms. The Bertz CT molecular complexity index is 1010. The van der Waals surface area contributed by atoms with E-state index in [4.69, 9.17) is 0 Å². The van der Waals surface area contributed by atoms with Gasteiger partial charge in [-0.05, 0) is 50.1 Å². The molecule has 0 radical (unpaired) electrons. The molecule has 2 heterocycles. The molecule has 170 valence electrons. The second-order valence-corrected chi connectivity index (χ2v) is 8.46. The molecular formula is C24H31N5O3. The fourth-order valence-electron chi connectivity index (χ4n) is 3.72. The van der Waals surface area contributed by atoms with E-state index in [-0.39, 0.29) is 23.6 Å². The summed E-state index contributed by atoms with van der Waals surface area (Å²) in [6.07, 6.45) is 1.96. The third-order valence-electron chi connectivity index (χ3n) is 5.82. The number of nitrogens with zero attached hydrogens (tertiary/aromatic N) is 2. The number of likely N-dealkylation sites (N-methyl/N-ethyl adjacent to an activating group) is 1. The molecule has 3 amide bonds. The van der Waals surface area contributed by atoms with Crippen molar-refractivity contribution in [3.8, 4) is 0 Å². The predicted octanol–water partition coefficient (Wildman–Crippen LogP) is 2.04. The fourth-order valence-corrected chi connectivity index (χ4v) is 3.72. The van der Waals surface area contributed by atoms with E-state index in [9.17, 15) is 14.4 Å². The van der Waals surface area contributed by atoms with Crippen LogP contribution in [-0.2, 0) is 20.8 Å². The number of aryl methyl sites for hydroxylation is 1. The second-order valence-electron chi connectivity index (χ2n) is 8.46. The van der Waals surface area contributed by atoms with Crippen LogP contribution in [0.25, 0.3) is 0 Å². The van der Waals surface area contributed by atoms with Crippen LogP contribution < -0.4 is 20.9 Å². The van der Waals surface area contributed by atoms with Gasteiger partial charge in [-0.1, -0.05) is 38.1 Å². The Balaban J connectivity index is 1.91. The zero-order chi connectivity index (χ0) is 23.4. The van der Waals surface area contributed by atoms with Crippen molar-refractivity contribution in [1.82, 2.24) is 15.6 Å². The van der Waals surface area contributed by atoms with Gasteiger partial charge in [-0.15, -0.1) is 0 Å². The summed E-state index contributed by atoms with van der Waals surface area (Å²) < 4.78 is 0. The minimum atomic E-state index is -0.792. The van der Waals surface area contributed by atoms with Crippen LogP contribution in [0.4, 0.5) is 11.5 Å². The molecule has 1 aliphatic heterocycles. The molecule has 0 fully saturated rings. The molecule has 8 heteroatoms. The van der Waals surface area contributed by atoms with Crippen LogP contribution in [0.15, 0.2) is 42.6 Å². The van der Waals surface area contributed by atoms with Gasteiger partial charge >= 0.3 is 0 Å². The summed E-state index contributed by atoms with van der Waals surface area (Å²) in [4.78, 5) is 45.3. The van der Waals surface area contributed by atoms with Crippen molar-refractivity contribution in [3.05, 3.63) is 53.7 Å². The number of anilines is 2. The van der Waals surface area contributed by atoms with Crippen LogP contribution in [0.2, 0.25) is 0 Å². The Morgan fingerprint density at radius 3 is 2.47 bits per heavy atom. The molecule has 3 rings (SSSR count). The number of carbonyl (C=O) groups excluding carboxylic acids is 3. The van der Waals surface area contributed by atoms with Crippen molar-refractivity contribution in [1.29, 1.82) is 0 Å². The lowest BCUT2D eigenvalue weighted by Crippen LogP contribution is -2.57. The summed E-state index contributed by atoms with van der Waals surface area (Å²) in [6, 6.07) is 9.16. The Labute approximate surface area is 188 Å². The molecule has 0 aliphatic carbocycles. The van der Waals surface area contributed by atoms with Gasteiger partial charge < -0.3 is 16.0 Å². The summed E-state index contributed by atoms with van der Waals surface area (Å²) in [5.74, 6) is -0.629. The number of para-hydroxylation sites is 1. The number of carbonyl (C=O) groups is 3. The van der Waals surface area contributed by atoms with Crippen LogP contribution >= 0.6 is 0 Å². The van der Waals surface area contributed by atoms with Crippen molar-refractivity contribution in [2.24, 2.45) is 5.92 Å². The highest BCUT2D eigenvalue weighted by Gasteiger charge is 2.43. The number of hydrogen-bond acceptors (Lipinski definition) is 5. The SMILES string of the molecule is CNC(C)C(=O)NC(C(=O)N1c2ncccc2CC1C(=O)Nc1ccccc1C)C(C)C. The minimum absolute atomic E-state index is 0.177. The topological polar surface area (TPSA) is 103 Å². The first-order valence-corrected chi connectivity index (χ1v) is 10.9. The van der Waals surface area contributed by atoms with E-state index in [2.05, 4.69) is 20.9 Å². The van der Waals surface area contributed by atoms with Crippen molar-refractivity contribution in [3.63, 3.8) is 0 Å². The van der Waals surface area contributed by atoms with E-state index in [1.165, 1.54) is 4.90 Å². The molecule has 1 aliphatic rings. The van der Waals surface area contributed by atoms with Gasteiger partial charge in [0.15, 0.2) is 0 Å². The third-order valence-corrected chi connectivity index (χ3v) is 5.82. The van der Waals surface area contributed by atoms with E-state index >= 15 is 0 Å². The van der Waals surface area contributed by atoms with Crippen LogP contribution in [0.1, 0.15) is 31.9 Å². The van der Waals surface area contributed by atoms with Gasteiger partial charge in [-0.25, -0.2) is 4.98 Å². The smallest absolute Gasteiger partial charge is 0.251 e. The van der Waals surface area contributed by atoms with Crippen LogP contribution in [-0.4, -0.2) is 47.9 Å². The molecule has 3 N–H and O–H groups in total. The number of pyridine rings is 1. The molecule has 1 aromatic carbocycles. The molecule has 2 aromatic rings. The molecule has 0 saturated carbocycles. The number of benzene rings is 1. The first kappa shape index (κ1) is 23.4. The number of aromatic nitrogens is 1. The molecule has 3 atom stereocenters. The minimum Gasteiger partial charge on any atom is -0.343 e. The third kappa shape index (κ3) is 4.80. The quantitative estimate of drug-likeness (QED) is 0.615. The van der Waals surface area contributed by atoms with E-state index in [1.54, 1.807) is 26.2 Å². The molecule has 0 spiro atoms. The molecular weight excluding hydrogens is 406 g/mol. The maximum absolute atomic E-state index is 13.7. The Morgan fingerprint density at radius 1 is 1.09 bits per heavy atom. The molecule has 1 aromatic heterocycles. The van der Waals surface area contributed by atoms with E-state index in [0.29, 0.717) is 17.9 Å². The van der Waals surface area contributed by atoms with Crippen LogP contribution in [0.3, 0.4) is 0 Å². The summed E-state index contributed by atoms with van der Waals surface area (Å²) in [7, 11) is 1.68. The van der Waals surface area contributed by atoms with Crippen molar-refractivity contribution in [2.75, 3.05) is 17.3 Å². The fraction of sp³-hybridized carbons (Fsp3) is 0.417. The van der Waals surface area contributed by atoms with Gasteiger partial charge in [-0.2, -0.15) is 0 Å². The predicted molar refractivity (Wildman–Crippen MR) is 124 cm³/mol. The lowest BCUT2D eigenvalue weighted by atomic mass is 10.0. The first-order valence-electron chi connectivity index (χ1n) is 10.9. The lowest BCUT2D eigenvalue weighted by molar-refractivity contribution is -0.130. The van der Waals surface area contributed by atoms with Gasteiger partial charge in [0.05, 0.1) is 6.04 Å². The lowest BCUT2D eigenvalue weighted by Gasteiger charge is -2.31. The Hall–Kier alpha value is -3.26. The zero-order valence-corrected chi connectivity index (χ0v) is 19.2. The van der Waals surface area contributed by atoms with Gasteiger partial charge in [0.2, 0.25) is 11.8 Å². The first-order chi connectivity index (χ1) is 15.2. The summed E-state index contributed by atoms with van der Waals surface area (Å²) in [6.45, 7) is 7.37. The average molecular weight is 438 g/mol. The summed E-state index contributed by atoms with van der Waals surface area (Å²) in [5, 5.41) is 8.67. The summed E-state index contributed by atoms with van der Waals surface area (Å²) >= 11 is 0. The normalized spacial score (nSPS) is 16.9. The Morgan fingerprint density at radius 2 is 1.81 bits per heavy atom. The van der Waals surface area contributed by atoms with Gasteiger partial charge in [0, 0.05) is 18.3 Å². The van der Waals surface area contributed by atoms with Crippen LogP contribution in [0, 0.1) is 12.8 Å². The second kappa shape index (κ2) is 9.91. The van der Waals surface area contributed by atoms with E-state index < -0.39 is 18.1 Å². The maximum atomic E-state index is 13.7. The van der Waals surface area contributed by atoms with Gasteiger partial charge in [0.1, 0.15) is 17.9 Å². The average Bonchev–Trinajstić information content (AvgIpc) is 3.17. The number of rotatable bonds is 7. The Kier molecular flexibility index (Phi) is 7.25. The zero-order valence-electron chi connectivity index (χ0n) is 19.2. The highest BCUT2D eigenvalue weighted by molar-refractivity contribution is 6.09. The number of nitrogens with one attached hydrogen (secondary N) is 3. The molecule has 32 heavy (non-hydrogen) atoms. The standard InChI is InChI=1S/C24H31N5O3/c1-14(2)20(28-22(30)16(4)25-5)24(32)29-19(13-17-10-8-12-26-21(17)29)23(31)27-18-11-7-6-9-15(18)3/h6-12,14,16,19-20,25H,13H2,1-5H3,(H,27,31)(H,28,30). The van der Waals surface area contributed by atoms with E-state index in [0.717, 1.165) is 11.1 Å². The van der Waals surface area contributed by atoms with Gasteiger partial charge in [-0.3, -0.25) is 19.3 Å². The van der Waals surface area contributed by atoms with Crippen molar-refractivity contribution < 1.29 is 14.4 Å². The highest BCUT2D eigenvalue weighted by Crippen LogP contribution is 2.32. The molecule has 8 nitrogen and oxygen atoms in total.